The maximum atomic E-state index is 2.48. The van der Waals surface area contributed by atoms with E-state index in [0.29, 0.717) is 0 Å². The van der Waals surface area contributed by atoms with Gasteiger partial charge in [0.1, 0.15) is 0 Å². The van der Waals surface area contributed by atoms with E-state index in [1.807, 2.05) is 11.3 Å². The summed E-state index contributed by atoms with van der Waals surface area (Å²) in [7, 11) is 0. The van der Waals surface area contributed by atoms with Gasteiger partial charge in [0, 0.05) is 10.3 Å². The molecule has 2 aliphatic carbocycles. The van der Waals surface area contributed by atoms with Crippen LogP contribution in [0, 0.1) is 5.41 Å². The van der Waals surface area contributed by atoms with Gasteiger partial charge in [-0.1, -0.05) is 48.6 Å². The number of allylic oxidation sites excluding steroid dienone is 4. The van der Waals surface area contributed by atoms with Gasteiger partial charge in [-0.2, -0.15) is 0 Å². The summed E-state index contributed by atoms with van der Waals surface area (Å²) >= 11 is 1.88. The van der Waals surface area contributed by atoms with Crippen LogP contribution in [-0.2, 0) is 0 Å². The van der Waals surface area contributed by atoms with E-state index in [2.05, 4.69) is 60.0 Å². The van der Waals surface area contributed by atoms with Crippen molar-refractivity contribution in [2.75, 3.05) is 0 Å². The van der Waals surface area contributed by atoms with Crippen LogP contribution in [0.15, 0.2) is 60.0 Å². The molecule has 2 aromatic rings. The van der Waals surface area contributed by atoms with Gasteiger partial charge >= 0.3 is 0 Å². The van der Waals surface area contributed by atoms with E-state index in [9.17, 15) is 0 Å². The zero-order valence-corrected chi connectivity index (χ0v) is 12.3. The fraction of sp³-hybridized carbons (Fsp3) is 0.263. The van der Waals surface area contributed by atoms with Crippen molar-refractivity contribution < 1.29 is 0 Å². The SMILES string of the molecule is C1=C(c2ccccc2)[C@]2(CC1)CCC=C2c1cccs1. The van der Waals surface area contributed by atoms with Crippen LogP contribution in [0.2, 0.25) is 0 Å². The van der Waals surface area contributed by atoms with Crippen molar-refractivity contribution in [2.24, 2.45) is 5.41 Å². The third-order valence-electron chi connectivity index (χ3n) is 4.74. The number of hydrogen-bond donors (Lipinski definition) is 0. The second-order valence-electron chi connectivity index (χ2n) is 5.74. The number of benzene rings is 1. The van der Waals surface area contributed by atoms with Gasteiger partial charge in [-0.25, -0.2) is 0 Å². The van der Waals surface area contributed by atoms with Crippen molar-refractivity contribution in [2.45, 2.75) is 25.7 Å². The standard InChI is InChI=1S/C19H18S/c1-2-7-15(8-3-1)16-9-4-12-19(16)13-5-10-17(19)18-11-6-14-20-18/h1-3,6-11,14H,4-5,12-13H2/t19-/m0/s1. The molecule has 0 radical (unpaired) electrons. The van der Waals surface area contributed by atoms with Crippen molar-refractivity contribution in [1.82, 2.24) is 0 Å². The second kappa shape index (κ2) is 4.75. The topological polar surface area (TPSA) is 0 Å². The van der Waals surface area contributed by atoms with E-state index >= 15 is 0 Å². The molecule has 1 aromatic heterocycles. The third kappa shape index (κ3) is 1.73. The molecule has 1 aromatic carbocycles. The lowest BCUT2D eigenvalue weighted by atomic mass is 9.72. The highest BCUT2D eigenvalue weighted by atomic mass is 32.1. The molecule has 0 nitrogen and oxygen atoms in total. The van der Waals surface area contributed by atoms with E-state index < -0.39 is 0 Å². The zero-order valence-electron chi connectivity index (χ0n) is 11.5. The Bertz CT molecular complexity index is 657. The van der Waals surface area contributed by atoms with Gasteiger partial charge in [-0.15, -0.1) is 11.3 Å². The Morgan fingerprint density at radius 1 is 0.800 bits per heavy atom. The molecule has 1 spiro atoms. The highest BCUT2D eigenvalue weighted by molar-refractivity contribution is 7.11. The smallest absolute Gasteiger partial charge is 0.0308 e. The van der Waals surface area contributed by atoms with Gasteiger partial charge in [0.2, 0.25) is 0 Å². The summed E-state index contributed by atoms with van der Waals surface area (Å²) in [5.41, 5.74) is 4.84. The number of hydrogen-bond acceptors (Lipinski definition) is 1. The first-order chi connectivity index (χ1) is 9.90. The molecule has 0 saturated carbocycles. The summed E-state index contributed by atoms with van der Waals surface area (Å²) < 4.78 is 0. The van der Waals surface area contributed by atoms with Crippen molar-refractivity contribution in [3.8, 4) is 0 Å². The average Bonchev–Trinajstić information content (AvgIpc) is 3.22. The van der Waals surface area contributed by atoms with E-state index in [0.717, 1.165) is 0 Å². The lowest BCUT2D eigenvalue weighted by Crippen LogP contribution is -2.17. The summed E-state index contributed by atoms with van der Waals surface area (Å²) in [5.74, 6) is 0. The largest absolute Gasteiger partial charge is 0.144 e. The van der Waals surface area contributed by atoms with Crippen LogP contribution in [0.3, 0.4) is 0 Å². The molecule has 0 saturated heterocycles. The summed E-state index contributed by atoms with van der Waals surface area (Å²) in [5, 5.41) is 2.20. The summed E-state index contributed by atoms with van der Waals surface area (Å²) in [6, 6.07) is 15.4. The van der Waals surface area contributed by atoms with Crippen molar-refractivity contribution in [3.05, 3.63) is 70.4 Å². The molecule has 0 aliphatic heterocycles. The van der Waals surface area contributed by atoms with Gasteiger partial charge in [0.15, 0.2) is 0 Å². The van der Waals surface area contributed by atoms with E-state index in [-0.39, 0.29) is 5.41 Å². The van der Waals surface area contributed by atoms with Crippen molar-refractivity contribution >= 4 is 22.5 Å². The highest BCUT2D eigenvalue weighted by Crippen LogP contribution is 2.59. The van der Waals surface area contributed by atoms with E-state index in [1.54, 1.807) is 11.1 Å². The summed E-state index contributed by atoms with van der Waals surface area (Å²) in [6.07, 6.45) is 9.95. The van der Waals surface area contributed by atoms with Crippen LogP contribution in [0.5, 0.6) is 0 Å². The summed E-state index contributed by atoms with van der Waals surface area (Å²) in [6.45, 7) is 0. The Balaban J connectivity index is 1.81. The minimum absolute atomic E-state index is 0.284. The summed E-state index contributed by atoms with van der Waals surface area (Å²) in [4.78, 5) is 1.46. The molecule has 0 fully saturated rings. The molecule has 0 N–H and O–H groups in total. The first-order valence-electron chi connectivity index (χ1n) is 7.41. The molecule has 1 heterocycles. The molecule has 0 bridgehead atoms. The first-order valence-corrected chi connectivity index (χ1v) is 8.29. The van der Waals surface area contributed by atoms with Gasteiger partial charge in [0.05, 0.1) is 0 Å². The highest BCUT2D eigenvalue weighted by Gasteiger charge is 2.43. The lowest BCUT2D eigenvalue weighted by Gasteiger charge is -2.31. The van der Waals surface area contributed by atoms with Crippen LogP contribution in [0.1, 0.15) is 36.1 Å². The predicted octanol–water partition coefficient (Wildman–Crippen LogP) is 5.79. The van der Waals surface area contributed by atoms with Crippen LogP contribution in [0.4, 0.5) is 0 Å². The lowest BCUT2D eigenvalue weighted by molar-refractivity contribution is 0.502. The molecule has 0 amide bonds. The Morgan fingerprint density at radius 2 is 1.55 bits per heavy atom. The molecule has 0 unspecified atom stereocenters. The van der Waals surface area contributed by atoms with Crippen LogP contribution in [-0.4, -0.2) is 0 Å². The first kappa shape index (κ1) is 12.2. The average molecular weight is 278 g/mol. The molecule has 20 heavy (non-hydrogen) atoms. The molecule has 4 rings (SSSR count). The van der Waals surface area contributed by atoms with E-state index in [1.165, 1.54) is 36.1 Å². The van der Waals surface area contributed by atoms with E-state index in [4.69, 9.17) is 0 Å². The Labute approximate surface area is 124 Å². The molecule has 1 heteroatoms. The second-order valence-corrected chi connectivity index (χ2v) is 6.69. The fourth-order valence-electron chi connectivity index (χ4n) is 3.91. The van der Waals surface area contributed by atoms with Gasteiger partial charge < -0.3 is 0 Å². The molecular weight excluding hydrogens is 260 g/mol. The van der Waals surface area contributed by atoms with Gasteiger partial charge in [0.25, 0.3) is 0 Å². The monoisotopic (exact) mass is 278 g/mol. The maximum absolute atomic E-state index is 2.48. The third-order valence-corrected chi connectivity index (χ3v) is 5.64. The molecule has 2 aliphatic rings. The zero-order chi connectivity index (χ0) is 13.4. The quantitative estimate of drug-likeness (QED) is 0.652. The Morgan fingerprint density at radius 3 is 2.25 bits per heavy atom. The number of rotatable bonds is 2. The van der Waals surface area contributed by atoms with Gasteiger partial charge in [-0.3, -0.25) is 0 Å². The Hall–Kier alpha value is -1.60. The van der Waals surface area contributed by atoms with Crippen LogP contribution < -0.4 is 0 Å². The van der Waals surface area contributed by atoms with Crippen LogP contribution >= 0.6 is 11.3 Å². The molecule has 1 atom stereocenters. The fourth-order valence-corrected chi connectivity index (χ4v) is 4.77. The number of thiophene rings is 1. The maximum Gasteiger partial charge on any atom is 0.0308 e. The predicted molar refractivity (Wildman–Crippen MR) is 87.6 cm³/mol. The van der Waals surface area contributed by atoms with Gasteiger partial charge in [-0.05, 0) is 53.8 Å². The molecule has 100 valence electrons. The normalized spacial score (nSPS) is 25.0. The van der Waals surface area contributed by atoms with Crippen molar-refractivity contribution in [1.29, 1.82) is 0 Å². The minimum Gasteiger partial charge on any atom is -0.144 e. The Kier molecular flexibility index (Phi) is 2.89. The van der Waals surface area contributed by atoms with Crippen molar-refractivity contribution in [3.63, 3.8) is 0 Å². The minimum atomic E-state index is 0.284. The van der Waals surface area contributed by atoms with Crippen LogP contribution in [0.25, 0.3) is 11.1 Å². The molecular formula is C19H18S.